The summed E-state index contributed by atoms with van der Waals surface area (Å²) in [5.74, 6) is -0.787. The van der Waals surface area contributed by atoms with E-state index in [1.807, 2.05) is 43.0 Å². The van der Waals surface area contributed by atoms with Gasteiger partial charge in [0.05, 0.1) is 28.6 Å². The van der Waals surface area contributed by atoms with E-state index >= 15 is 0 Å². The number of hydrogen-bond donors (Lipinski definition) is 1. The lowest BCUT2D eigenvalue weighted by Crippen LogP contribution is -2.45. The van der Waals surface area contributed by atoms with Gasteiger partial charge < -0.3 is 15.0 Å². The second-order valence-corrected chi connectivity index (χ2v) is 10.8. The lowest BCUT2D eigenvalue weighted by molar-refractivity contribution is -0.138. The minimum absolute atomic E-state index is 0.0968. The maximum Gasteiger partial charge on any atom is 0.419 e. The predicted octanol–water partition coefficient (Wildman–Crippen LogP) is 5.49. The number of likely N-dealkylation sites (tertiary alicyclic amines) is 1. The molecule has 3 aromatic rings. The highest BCUT2D eigenvalue weighted by atomic mass is 32.1. The summed E-state index contributed by atoms with van der Waals surface area (Å²) in [7, 11) is 1.15. The van der Waals surface area contributed by atoms with Crippen molar-refractivity contribution in [3.05, 3.63) is 69.9 Å². The fourth-order valence-corrected chi connectivity index (χ4v) is 6.02. The van der Waals surface area contributed by atoms with Crippen molar-refractivity contribution in [1.82, 2.24) is 15.2 Å². The van der Waals surface area contributed by atoms with E-state index in [2.05, 4.69) is 10.3 Å². The number of rotatable bonds is 6. The van der Waals surface area contributed by atoms with E-state index in [9.17, 15) is 22.8 Å². The van der Waals surface area contributed by atoms with E-state index in [1.165, 1.54) is 17.4 Å². The van der Waals surface area contributed by atoms with Crippen LogP contribution in [-0.4, -0.2) is 47.4 Å². The van der Waals surface area contributed by atoms with Gasteiger partial charge >= 0.3 is 6.18 Å². The fraction of sp³-hybridized carbons (Fsp3) is 0.370. The number of methoxy groups -OCH3 is 1. The first-order chi connectivity index (χ1) is 17.6. The Bertz CT molecular complexity index is 1370. The van der Waals surface area contributed by atoms with Crippen LogP contribution in [0.1, 0.15) is 49.8 Å². The Balaban J connectivity index is 1.34. The molecule has 2 aromatic carbocycles. The van der Waals surface area contributed by atoms with Crippen molar-refractivity contribution in [2.45, 2.75) is 44.9 Å². The molecule has 2 aliphatic rings. The Hall–Kier alpha value is -3.40. The quantitative estimate of drug-likeness (QED) is 0.459. The van der Waals surface area contributed by atoms with Gasteiger partial charge in [-0.15, -0.1) is 11.3 Å². The number of ether oxygens (including phenoxy) is 1. The van der Waals surface area contributed by atoms with E-state index < -0.39 is 17.6 Å². The molecule has 1 aliphatic carbocycles. The van der Waals surface area contributed by atoms with Crippen LogP contribution in [0.15, 0.2) is 42.5 Å². The van der Waals surface area contributed by atoms with Crippen molar-refractivity contribution < 1.29 is 27.5 Å². The van der Waals surface area contributed by atoms with Gasteiger partial charge in [-0.2, -0.15) is 13.2 Å². The average molecular weight is 530 g/mol. The first-order valence-corrected chi connectivity index (χ1v) is 12.8. The summed E-state index contributed by atoms with van der Waals surface area (Å²) in [5, 5.41) is 3.52. The molecule has 6 nitrogen and oxygen atoms in total. The summed E-state index contributed by atoms with van der Waals surface area (Å²) in [4.78, 5) is 33.7. The maximum absolute atomic E-state index is 13.7. The molecule has 5 rings (SSSR count). The van der Waals surface area contributed by atoms with Crippen molar-refractivity contribution in [3.8, 4) is 16.2 Å². The van der Waals surface area contributed by atoms with Gasteiger partial charge in [-0.3, -0.25) is 9.59 Å². The molecule has 0 unspecified atom stereocenters. The van der Waals surface area contributed by atoms with Crippen molar-refractivity contribution in [3.63, 3.8) is 0 Å². The normalized spacial score (nSPS) is 20.5. The minimum Gasteiger partial charge on any atom is -0.496 e. The van der Waals surface area contributed by atoms with Crippen LogP contribution < -0.4 is 10.1 Å². The Morgan fingerprint density at radius 3 is 2.65 bits per heavy atom. The second-order valence-electron chi connectivity index (χ2n) is 9.57. The summed E-state index contributed by atoms with van der Waals surface area (Å²) in [6.45, 7) is 4.01. The standard InChI is InChI=1S/C27H26F3N3O3S/c1-14-5-4-6-16(9-14)24-23(32-15(2)37-24)26(35)33-19(10-18-12-21(18)33)13-31-25(34)17-7-8-22(36-3)20(11-17)27(28,29)30/h4-9,11,18-19,21H,10,12-13H2,1-3H3,(H,31,34)/t18-,19-,21-/m0/s1. The Morgan fingerprint density at radius 1 is 1.16 bits per heavy atom. The number of nitrogens with one attached hydrogen (secondary N) is 1. The van der Waals surface area contributed by atoms with Crippen LogP contribution >= 0.6 is 11.3 Å². The largest absolute Gasteiger partial charge is 0.496 e. The lowest BCUT2D eigenvalue weighted by atomic mass is 10.1. The molecule has 2 amide bonds. The van der Waals surface area contributed by atoms with Gasteiger partial charge in [0.2, 0.25) is 0 Å². The van der Waals surface area contributed by atoms with Gasteiger partial charge in [0.25, 0.3) is 11.8 Å². The first-order valence-electron chi connectivity index (χ1n) is 12.0. The molecule has 1 aromatic heterocycles. The maximum atomic E-state index is 13.7. The number of halogens is 3. The third-order valence-electron chi connectivity index (χ3n) is 6.93. The molecular formula is C27H26F3N3O3S. The molecule has 1 aliphatic heterocycles. The number of piperidine rings is 1. The van der Waals surface area contributed by atoms with Crippen molar-refractivity contribution in [2.75, 3.05) is 13.7 Å². The van der Waals surface area contributed by atoms with Crippen LogP contribution in [0, 0.1) is 19.8 Å². The topological polar surface area (TPSA) is 71.5 Å². The van der Waals surface area contributed by atoms with Crippen LogP contribution in [0.25, 0.3) is 10.4 Å². The summed E-state index contributed by atoms with van der Waals surface area (Å²) < 4.78 is 44.9. The zero-order valence-electron chi connectivity index (χ0n) is 20.6. The van der Waals surface area contributed by atoms with Gasteiger partial charge in [-0.05, 0) is 56.4 Å². The minimum atomic E-state index is -4.65. The molecule has 194 valence electrons. The van der Waals surface area contributed by atoms with E-state index in [0.717, 1.165) is 53.1 Å². The molecule has 1 N–H and O–H groups in total. The fourth-order valence-electron chi connectivity index (χ4n) is 5.12. The number of aryl methyl sites for hydroxylation is 2. The van der Waals surface area contributed by atoms with Gasteiger partial charge in [0, 0.05) is 18.2 Å². The summed E-state index contributed by atoms with van der Waals surface area (Å²) >= 11 is 1.47. The molecule has 1 saturated carbocycles. The first kappa shape index (κ1) is 25.3. The van der Waals surface area contributed by atoms with Crippen molar-refractivity contribution >= 4 is 23.2 Å². The smallest absolute Gasteiger partial charge is 0.419 e. The molecule has 1 saturated heterocycles. The van der Waals surface area contributed by atoms with Crippen LogP contribution in [0.4, 0.5) is 13.2 Å². The third kappa shape index (κ3) is 4.94. The molecule has 3 atom stereocenters. The Kier molecular flexibility index (Phi) is 6.47. The third-order valence-corrected chi connectivity index (χ3v) is 7.95. The average Bonchev–Trinajstić information content (AvgIpc) is 3.34. The Morgan fingerprint density at radius 2 is 1.95 bits per heavy atom. The van der Waals surface area contributed by atoms with Gasteiger partial charge in [-0.25, -0.2) is 4.98 Å². The molecule has 10 heteroatoms. The highest BCUT2D eigenvalue weighted by Crippen LogP contribution is 2.49. The van der Waals surface area contributed by atoms with Crippen LogP contribution in [0.5, 0.6) is 5.75 Å². The number of nitrogens with zero attached hydrogens (tertiary/aromatic N) is 2. The molecule has 0 bridgehead atoms. The number of amides is 2. The molecule has 2 heterocycles. The van der Waals surface area contributed by atoms with Gasteiger partial charge in [0.1, 0.15) is 11.4 Å². The van der Waals surface area contributed by atoms with E-state index in [4.69, 9.17) is 4.74 Å². The highest BCUT2D eigenvalue weighted by Gasteiger charge is 2.54. The number of carbonyl (C=O) groups is 2. The Labute approximate surface area is 216 Å². The summed E-state index contributed by atoms with van der Waals surface area (Å²) in [6.07, 6.45) is -3.01. The second kappa shape index (κ2) is 9.48. The number of fused-ring (bicyclic) bond motifs is 1. The number of aromatic nitrogens is 1. The number of carbonyl (C=O) groups excluding carboxylic acids is 2. The monoisotopic (exact) mass is 529 g/mol. The summed E-state index contributed by atoms with van der Waals surface area (Å²) in [5.41, 5.74) is 1.29. The van der Waals surface area contributed by atoms with E-state index in [-0.39, 0.29) is 35.8 Å². The van der Waals surface area contributed by atoms with E-state index in [1.54, 1.807) is 0 Å². The predicted molar refractivity (Wildman–Crippen MR) is 134 cm³/mol. The van der Waals surface area contributed by atoms with Crippen molar-refractivity contribution in [1.29, 1.82) is 0 Å². The zero-order valence-corrected chi connectivity index (χ0v) is 21.4. The molecule has 0 spiro atoms. The molecule has 2 fully saturated rings. The zero-order chi connectivity index (χ0) is 26.5. The lowest BCUT2D eigenvalue weighted by Gasteiger charge is -2.27. The molecule has 37 heavy (non-hydrogen) atoms. The summed E-state index contributed by atoms with van der Waals surface area (Å²) in [6, 6.07) is 11.0. The SMILES string of the molecule is COc1ccc(C(=O)NC[C@@H]2C[C@H]3C[C@@H]3N2C(=O)c2nc(C)sc2-c2cccc(C)c2)cc1C(F)(F)F. The number of alkyl halides is 3. The molecular weight excluding hydrogens is 503 g/mol. The highest BCUT2D eigenvalue weighted by molar-refractivity contribution is 7.15. The van der Waals surface area contributed by atoms with Gasteiger partial charge in [0.15, 0.2) is 0 Å². The number of hydrogen-bond acceptors (Lipinski definition) is 5. The van der Waals surface area contributed by atoms with Crippen LogP contribution in [-0.2, 0) is 6.18 Å². The van der Waals surface area contributed by atoms with Crippen molar-refractivity contribution in [2.24, 2.45) is 5.92 Å². The van der Waals surface area contributed by atoms with Crippen LogP contribution in [0.2, 0.25) is 0 Å². The van der Waals surface area contributed by atoms with Crippen LogP contribution in [0.3, 0.4) is 0 Å². The van der Waals surface area contributed by atoms with E-state index in [0.29, 0.717) is 11.6 Å². The number of benzene rings is 2. The van der Waals surface area contributed by atoms with Gasteiger partial charge in [-0.1, -0.05) is 29.8 Å². The molecule has 0 radical (unpaired) electrons. The number of thiazole rings is 1.